The molecule has 0 spiro atoms. The van der Waals surface area contributed by atoms with Gasteiger partial charge in [0.05, 0.1) is 0 Å². The van der Waals surface area contributed by atoms with E-state index in [2.05, 4.69) is 19.2 Å². The maximum Gasteiger partial charge on any atom is 0.250 e. The molecule has 3 heteroatoms. The molecule has 14 heavy (non-hydrogen) atoms. The molecule has 0 radical (unpaired) electrons. The van der Waals surface area contributed by atoms with Gasteiger partial charge in [-0.1, -0.05) is 19.9 Å². The smallest absolute Gasteiger partial charge is 0.250 e. The van der Waals surface area contributed by atoms with Gasteiger partial charge < -0.3 is 9.88 Å². The first-order chi connectivity index (χ1) is 6.74. The van der Waals surface area contributed by atoms with Crippen LogP contribution in [0.4, 0.5) is 0 Å². The molecule has 1 N–H and O–H groups in total. The third kappa shape index (κ3) is 3.34. The molecule has 3 nitrogen and oxygen atoms in total. The Morgan fingerprint density at radius 1 is 1.50 bits per heavy atom. The summed E-state index contributed by atoms with van der Waals surface area (Å²) in [7, 11) is 0. The van der Waals surface area contributed by atoms with Crippen molar-refractivity contribution in [2.24, 2.45) is 5.92 Å². The van der Waals surface area contributed by atoms with E-state index in [0.717, 1.165) is 19.6 Å². The molecule has 1 atom stereocenters. The number of nitrogens with zero attached hydrogens (tertiary/aromatic N) is 1. The van der Waals surface area contributed by atoms with Crippen molar-refractivity contribution in [3.8, 4) is 0 Å². The van der Waals surface area contributed by atoms with E-state index >= 15 is 0 Å². The Hall–Kier alpha value is -1.09. The van der Waals surface area contributed by atoms with Gasteiger partial charge in [-0.2, -0.15) is 0 Å². The maximum atomic E-state index is 11.4. The molecule has 1 rings (SSSR count). The average Bonchev–Trinajstić information content (AvgIpc) is 2.18. The Labute approximate surface area is 84.8 Å². The minimum absolute atomic E-state index is 0.0795. The maximum absolute atomic E-state index is 11.4. The van der Waals surface area contributed by atoms with Crippen LogP contribution in [0.2, 0.25) is 0 Å². The molecule has 0 fully saturated rings. The van der Waals surface area contributed by atoms with Gasteiger partial charge >= 0.3 is 0 Å². The molecule has 0 bridgehead atoms. The highest BCUT2D eigenvalue weighted by Crippen LogP contribution is 1.96. The first-order valence-corrected chi connectivity index (χ1v) is 5.10. The number of aromatic nitrogens is 1. The molecule has 1 unspecified atom stereocenters. The zero-order valence-corrected chi connectivity index (χ0v) is 8.86. The van der Waals surface area contributed by atoms with Gasteiger partial charge in [0.15, 0.2) is 0 Å². The second kappa shape index (κ2) is 5.60. The highest BCUT2D eigenvalue weighted by atomic mass is 16.1. The standard InChI is InChI=1S/C11H18N2O/c1-3-12-8-10(2)9-13-7-5-4-6-11(13)14/h4-7,10,12H,3,8-9H2,1-2H3. The van der Waals surface area contributed by atoms with Crippen molar-refractivity contribution in [3.05, 3.63) is 34.7 Å². The molecule has 0 aliphatic heterocycles. The number of hydrogen-bond acceptors (Lipinski definition) is 2. The zero-order valence-electron chi connectivity index (χ0n) is 8.86. The van der Waals surface area contributed by atoms with Crippen LogP contribution in [0.25, 0.3) is 0 Å². The van der Waals surface area contributed by atoms with Crippen molar-refractivity contribution in [2.75, 3.05) is 13.1 Å². The van der Waals surface area contributed by atoms with Crippen LogP contribution >= 0.6 is 0 Å². The molecule has 78 valence electrons. The SMILES string of the molecule is CCNCC(C)Cn1ccccc1=O. The Morgan fingerprint density at radius 3 is 2.93 bits per heavy atom. The van der Waals surface area contributed by atoms with Crippen LogP contribution in [0.15, 0.2) is 29.2 Å². The number of hydrogen-bond donors (Lipinski definition) is 1. The molecule has 0 amide bonds. The zero-order chi connectivity index (χ0) is 10.4. The largest absolute Gasteiger partial charge is 0.317 e. The molecule has 1 aromatic heterocycles. The number of rotatable bonds is 5. The summed E-state index contributed by atoms with van der Waals surface area (Å²) in [5, 5.41) is 3.27. The molecule has 0 saturated heterocycles. The van der Waals surface area contributed by atoms with Crippen molar-refractivity contribution in [1.29, 1.82) is 0 Å². The van der Waals surface area contributed by atoms with Crippen molar-refractivity contribution in [2.45, 2.75) is 20.4 Å². The van der Waals surface area contributed by atoms with Crippen LogP contribution in [-0.4, -0.2) is 17.7 Å². The van der Waals surface area contributed by atoms with Crippen LogP contribution < -0.4 is 10.9 Å². The lowest BCUT2D eigenvalue weighted by atomic mass is 10.2. The average molecular weight is 194 g/mol. The van der Waals surface area contributed by atoms with Gasteiger partial charge in [0.2, 0.25) is 0 Å². The summed E-state index contributed by atoms with van der Waals surface area (Å²) in [5.41, 5.74) is 0.0795. The summed E-state index contributed by atoms with van der Waals surface area (Å²) in [6.45, 7) is 6.95. The lowest BCUT2D eigenvalue weighted by Crippen LogP contribution is -2.27. The van der Waals surface area contributed by atoms with Crippen LogP contribution in [0, 0.1) is 5.92 Å². The van der Waals surface area contributed by atoms with Crippen LogP contribution in [0.1, 0.15) is 13.8 Å². The van der Waals surface area contributed by atoms with E-state index < -0.39 is 0 Å². The molecular weight excluding hydrogens is 176 g/mol. The fraction of sp³-hybridized carbons (Fsp3) is 0.545. The Bertz CT molecular complexity index is 319. The lowest BCUT2D eigenvalue weighted by molar-refractivity contribution is 0.444. The minimum Gasteiger partial charge on any atom is -0.317 e. The molecule has 1 aromatic rings. The molecule has 0 aromatic carbocycles. The first kappa shape index (κ1) is 11.0. The fourth-order valence-electron chi connectivity index (χ4n) is 1.40. The lowest BCUT2D eigenvalue weighted by Gasteiger charge is -2.13. The summed E-state index contributed by atoms with van der Waals surface area (Å²) in [5.74, 6) is 0.482. The van der Waals surface area contributed by atoms with Gasteiger partial charge in [0.25, 0.3) is 5.56 Å². The summed E-state index contributed by atoms with van der Waals surface area (Å²) < 4.78 is 1.75. The second-order valence-corrected chi connectivity index (χ2v) is 3.60. The van der Waals surface area contributed by atoms with Gasteiger partial charge in [0, 0.05) is 18.8 Å². The molecule has 0 aliphatic rings. The summed E-state index contributed by atoms with van der Waals surface area (Å²) >= 11 is 0. The van der Waals surface area contributed by atoms with Gasteiger partial charge in [0.1, 0.15) is 0 Å². The van der Waals surface area contributed by atoms with Crippen LogP contribution in [-0.2, 0) is 6.54 Å². The summed E-state index contributed by atoms with van der Waals surface area (Å²) in [4.78, 5) is 11.4. The van der Waals surface area contributed by atoms with Crippen LogP contribution in [0.3, 0.4) is 0 Å². The first-order valence-electron chi connectivity index (χ1n) is 5.10. The molecular formula is C11H18N2O. The highest BCUT2D eigenvalue weighted by Gasteiger charge is 2.02. The molecule has 0 saturated carbocycles. The van der Waals surface area contributed by atoms with E-state index in [9.17, 15) is 4.79 Å². The van der Waals surface area contributed by atoms with Crippen molar-refractivity contribution in [3.63, 3.8) is 0 Å². The molecule has 1 heterocycles. The van der Waals surface area contributed by atoms with E-state index in [0.29, 0.717) is 5.92 Å². The van der Waals surface area contributed by atoms with Gasteiger partial charge in [-0.05, 0) is 25.1 Å². The van der Waals surface area contributed by atoms with Crippen LogP contribution in [0.5, 0.6) is 0 Å². The van der Waals surface area contributed by atoms with E-state index in [1.807, 2.05) is 12.3 Å². The Morgan fingerprint density at radius 2 is 2.29 bits per heavy atom. The minimum atomic E-state index is 0.0795. The van der Waals surface area contributed by atoms with Crippen molar-refractivity contribution >= 4 is 0 Å². The van der Waals surface area contributed by atoms with Gasteiger partial charge in [-0.3, -0.25) is 4.79 Å². The van der Waals surface area contributed by atoms with Gasteiger partial charge in [-0.15, -0.1) is 0 Å². The Balaban J connectivity index is 2.52. The predicted octanol–water partition coefficient (Wildman–Crippen LogP) is 1.09. The third-order valence-electron chi connectivity index (χ3n) is 2.15. The predicted molar refractivity (Wildman–Crippen MR) is 58.4 cm³/mol. The summed E-state index contributed by atoms with van der Waals surface area (Å²) in [6.07, 6.45) is 1.84. The number of nitrogens with one attached hydrogen (secondary N) is 1. The van der Waals surface area contributed by atoms with Gasteiger partial charge in [-0.25, -0.2) is 0 Å². The third-order valence-corrected chi connectivity index (χ3v) is 2.15. The topological polar surface area (TPSA) is 34.0 Å². The monoisotopic (exact) mass is 194 g/mol. The second-order valence-electron chi connectivity index (χ2n) is 3.60. The van der Waals surface area contributed by atoms with Crippen molar-refractivity contribution in [1.82, 2.24) is 9.88 Å². The normalized spacial score (nSPS) is 12.7. The van der Waals surface area contributed by atoms with E-state index in [-0.39, 0.29) is 5.56 Å². The van der Waals surface area contributed by atoms with Crippen molar-refractivity contribution < 1.29 is 0 Å². The van der Waals surface area contributed by atoms with E-state index in [1.165, 1.54) is 0 Å². The van der Waals surface area contributed by atoms with E-state index in [4.69, 9.17) is 0 Å². The number of pyridine rings is 1. The quantitative estimate of drug-likeness (QED) is 0.761. The van der Waals surface area contributed by atoms with E-state index in [1.54, 1.807) is 16.7 Å². The highest BCUT2D eigenvalue weighted by molar-refractivity contribution is 4.93. The Kier molecular flexibility index (Phi) is 4.40. The fourth-order valence-corrected chi connectivity index (χ4v) is 1.40. The molecule has 0 aliphatic carbocycles. The summed E-state index contributed by atoms with van der Waals surface area (Å²) in [6, 6.07) is 5.26.